The Morgan fingerprint density at radius 3 is 2.56 bits per heavy atom. The standard InChI is InChI=1S/C18H22ClN3O2S.2ClH/c1-12-17(18(23)22(2)14-7-9-20-10-8-14)25-16(21-12)11-24-15-5-3-13(19)4-6-15;;/h3-6,14,20H,7-11H2,1-2H3;2*1H. The third kappa shape index (κ3) is 6.22. The molecular formula is C18H24Cl3N3O2S. The van der Waals surface area contributed by atoms with E-state index in [2.05, 4.69) is 10.3 Å². The van der Waals surface area contributed by atoms with E-state index in [0.29, 0.717) is 22.5 Å². The second kappa shape index (κ2) is 11.1. The van der Waals surface area contributed by atoms with E-state index in [1.54, 1.807) is 12.1 Å². The van der Waals surface area contributed by atoms with Gasteiger partial charge in [0.15, 0.2) is 0 Å². The fraction of sp³-hybridized carbons (Fsp3) is 0.444. The monoisotopic (exact) mass is 451 g/mol. The van der Waals surface area contributed by atoms with Gasteiger partial charge in [-0.2, -0.15) is 0 Å². The summed E-state index contributed by atoms with van der Waals surface area (Å²) in [6.45, 7) is 4.15. The quantitative estimate of drug-likeness (QED) is 0.732. The minimum absolute atomic E-state index is 0. The minimum atomic E-state index is 0. The average molecular weight is 453 g/mol. The van der Waals surface area contributed by atoms with Crippen LogP contribution >= 0.6 is 47.8 Å². The molecule has 1 aromatic carbocycles. The van der Waals surface area contributed by atoms with Gasteiger partial charge in [0.1, 0.15) is 22.2 Å². The lowest BCUT2D eigenvalue weighted by Gasteiger charge is -2.31. The third-order valence-electron chi connectivity index (χ3n) is 4.39. The number of carbonyl (C=O) groups excluding carboxylic acids is 1. The first-order valence-electron chi connectivity index (χ1n) is 8.37. The summed E-state index contributed by atoms with van der Waals surface area (Å²) in [6, 6.07) is 7.50. The van der Waals surface area contributed by atoms with E-state index < -0.39 is 0 Å². The van der Waals surface area contributed by atoms with Crippen LogP contribution in [-0.4, -0.2) is 42.0 Å². The van der Waals surface area contributed by atoms with E-state index in [-0.39, 0.29) is 30.7 Å². The van der Waals surface area contributed by atoms with E-state index in [1.807, 2.05) is 31.0 Å². The van der Waals surface area contributed by atoms with Crippen LogP contribution in [0.5, 0.6) is 5.75 Å². The molecular weight excluding hydrogens is 429 g/mol. The predicted octanol–water partition coefficient (Wildman–Crippen LogP) is 4.35. The van der Waals surface area contributed by atoms with Gasteiger partial charge in [0.25, 0.3) is 5.91 Å². The first kappa shape index (κ1) is 24.0. The number of carbonyl (C=O) groups is 1. The summed E-state index contributed by atoms with van der Waals surface area (Å²) in [7, 11) is 1.89. The van der Waals surface area contributed by atoms with Crippen LogP contribution in [0, 0.1) is 6.92 Å². The number of aryl methyl sites for hydroxylation is 1. The maximum absolute atomic E-state index is 12.8. The normalized spacial score (nSPS) is 14.0. The second-order valence-corrected chi connectivity index (χ2v) is 7.68. The van der Waals surface area contributed by atoms with E-state index in [0.717, 1.165) is 42.4 Å². The number of rotatable bonds is 5. The van der Waals surface area contributed by atoms with Crippen LogP contribution in [0.4, 0.5) is 0 Å². The maximum Gasteiger partial charge on any atom is 0.265 e. The zero-order valence-corrected chi connectivity index (χ0v) is 18.4. The summed E-state index contributed by atoms with van der Waals surface area (Å²) in [4.78, 5) is 19.9. The first-order chi connectivity index (χ1) is 12.0. The molecule has 1 fully saturated rings. The van der Waals surface area contributed by atoms with Gasteiger partial charge in [-0.3, -0.25) is 4.79 Å². The van der Waals surface area contributed by atoms with Gasteiger partial charge in [0.2, 0.25) is 0 Å². The molecule has 1 aromatic heterocycles. The van der Waals surface area contributed by atoms with Crippen molar-refractivity contribution < 1.29 is 9.53 Å². The number of nitrogens with one attached hydrogen (secondary N) is 1. The summed E-state index contributed by atoms with van der Waals surface area (Å²) in [5.41, 5.74) is 0.769. The van der Waals surface area contributed by atoms with Crippen LogP contribution in [0.2, 0.25) is 5.02 Å². The Labute approximate surface area is 181 Å². The number of halogens is 3. The van der Waals surface area contributed by atoms with Crippen molar-refractivity contribution in [3.63, 3.8) is 0 Å². The number of aromatic nitrogens is 1. The number of thiazole rings is 1. The van der Waals surface area contributed by atoms with Crippen molar-refractivity contribution >= 4 is 53.7 Å². The summed E-state index contributed by atoms with van der Waals surface area (Å²) < 4.78 is 5.73. The summed E-state index contributed by atoms with van der Waals surface area (Å²) >= 11 is 7.28. The summed E-state index contributed by atoms with van der Waals surface area (Å²) in [5.74, 6) is 0.789. The van der Waals surface area contributed by atoms with Gasteiger partial charge < -0.3 is 15.0 Å². The highest BCUT2D eigenvalue weighted by atomic mass is 35.5. The molecule has 0 saturated carbocycles. The molecule has 150 valence electrons. The Balaban J connectivity index is 0.00000182. The van der Waals surface area contributed by atoms with Crippen molar-refractivity contribution in [2.45, 2.75) is 32.4 Å². The molecule has 1 N–H and O–H groups in total. The zero-order chi connectivity index (χ0) is 17.8. The lowest BCUT2D eigenvalue weighted by Crippen LogP contribution is -2.43. The molecule has 27 heavy (non-hydrogen) atoms. The Morgan fingerprint density at radius 1 is 1.30 bits per heavy atom. The second-order valence-electron chi connectivity index (χ2n) is 6.16. The molecule has 2 heterocycles. The molecule has 1 aliphatic heterocycles. The molecule has 9 heteroatoms. The molecule has 2 aromatic rings. The summed E-state index contributed by atoms with van der Waals surface area (Å²) in [5, 5.41) is 4.80. The van der Waals surface area contributed by atoms with Crippen molar-refractivity contribution in [3.8, 4) is 5.75 Å². The third-order valence-corrected chi connectivity index (χ3v) is 5.76. The van der Waals surface area contributed by atoms with Gasteiger partial charge in [0, 0.05) is 18.1 Å². The fourth-order valence-electron chi connectivity index (χ4n) is 2.91. The van der Waals surface area contributed by atoms with Gasteiger partial charge in [-0.1, -0.05) is 11.6 Å². The molecule has 1 amide bonds. The Morgan fingerprint density at radius 2 is 1.93 bits per heavy atom. The number of ether oxygens (including phenoxy) is 1. The fourth-order valence-corrected chi connectivity index (χ4v) is 4.00. The van der Waals surface area contributed by atoms with Crippen LogP contribution in [0.1, 0.15) is 33.2 Å². The molecule has 0 bridgehead atoms. The van der Waals surface area contributed by atoms with Crippen LogP contribution in [0.25, 0.3) is 0 Å². The minimum Gasteiger partial charge on any atom is -0.486 e. The highest BCUT2D eigenvalue weighted by Gasteiger charge is 2.26. The molecule has 5 nitrogen and oxygen atoms in total. The number of hydrogen-bond donors (Lipinski definition) is 1. The molecule has 0 atom stereocenters. The number of benzene rings is 1. The highest BCUT2D eigenvalue weighted by molar-refractivity contribution is 7.13. The Hall–Kier alpha value is -1.05. The smallest absolute Gasteiger partial charge is 0.265 e. The number of amides is 1. The van der Waals surface area contributed by atoms with Crippen molar-refractivity contribution in [3.05, 3.63) is 44.9 Å². The van der Waals surface area contributed by atoms with Crippen LogP contribution in [0.3, 0.4) is 0 Å². The van der Waals surface area contributed by atoms with E-state index in [1.165, 1.54) is 11.3 Å². The number of hydrogen-bond acceptors (Lipinski definition) is 5. The Kier molecular flexibility index (Phi) is 9.84. The van der Waals surface area contributed by atoms with Crippen molar-refractivity contribution in [1.29, 1.82) is 0 Å². The topological polar surface area (TPSA) is 54.5 Å². The van der Waals surface area contributed by atoms with Gasteiger partial charge in [-0.15, -0.1) is 36.2 Å². The Bertz CT molecular complexity index is 734. The van der Waals surface area contributed by atoms with Gasteiger partial charge in [-0.05, 0) is 57.1 Å². The van der Waals surface area contributed by atoms with Crippen LogP contribution < -0.4 is 10.1 Å². The van der Waals surface area contributed by atoms with Crippen LogP contribution in [-0.2, 0) is 6.61 Å². The van der Waals surface area contributed by atoms with E-state index in [4.69, 9.17) is 16.3 Å². The van der Waals surface area contributed by atoms with E-state index >= 15 is 0 Å². The predicted molar refractivity (Wildman–Crippen MR) is 115 cm³/mol. The van der Waals surface area contributed by atoms with Crippen LogP contribution in [0.15, 0.2) is 24.3 Å². The van der Waals surface area contributed by atoms with Crippen molar-refractivity contribution in [1.82, 2.24) is 15.2 Å². The number of nitrogens with zero attached hydrogens (tertiary/aromatic N) is 2. The van der Waals surface area contributed by atoms with Gasteiger partial charge >= 0.3 is 0 Å². The highest BCUT2D eigenvalue weighted by Crippen LogP contribution is 2.24. The zero-order valence-electron chi connectivity index (χ0n) is 15.2. The summed E-state index contributed by atoms with van der Waals surface area (Å²) in [6.07, 6.45) is 1.99. The van der Waals surface area contributed by atoms with Crippen molar-refractivity contribution in [2.75, 3.05) is 20.1 Å². The molecule has 0 radical (unpaired) electrons. The maximum atomic E-state index is 12.8. The largest absolute Gasteiger partial charge is 0.486 e. The molecule has 3 rings (SSSR count). The SMILES string of the molecule is Cc1nc(COc2ccc(Cl)cc2)sc1C(=O)N(C)C1CCNCC1.Cl.Cl. The molecule has 1 aliphatic rings. The lowest BCUT2D eigenvalue weighted by molar-refractivity contribution is 0.0707. The van der Waals surface area contributed by atoms with Crippen molar-refractivity contribution in [2.24, 2.45) is 0 Å². The molecule has 0 aliphatic carbocycles. The number of piperidine rings is 1. The average Bonchev–Trinajstić information content (AvgIpc) is 3.01. The first-order valence-corrected chi connectivity index (χ1v) is 9.56. The molecule has 1 saturated heterocycles. The molecule has 0 spiro atoms. The lowest BCUT2D eigenvalue weighted by atomic mass is 10.1. The molecule has 0 unspecified atom stereocenters. The van der Waals surface area contributed by atoms with Gasteiger partial charge in [0.05, 0.1) is 5.69 Å². The van der Waals surface area contributed by atoms with Gasteiger partial charge in [-0.25, -0.2) is 4.98 Å². The van der Waals surface area contributed by atoms with E-state index in [9.17, 15) is 4.79 Å².